The first-order valence-corrected chi connectivity index (χ1v) is 21.5. The Labute approximate surface area is 357 Å². The van der Waals surface area contributed by atoms with Crippen molar-refractivity contribution in [2.45, 2.75) is 0 Å². The molecule has 0 saturated heterocycles. The van der Waals surface area contributed by atoms with Crippen molar-refractivity contribution in [2.24, 2.45) is 0 Å². The van der Waals surface area contributed by atoms with E-state index in [2.05, 4.69) is 229 Å². The van der Waals surface area contributed by atoms with Gasteiger partial charge in [-0.1, -0.05) is 164 Å². The molecule has 12 aromatic rings. The molecule has 0 fully saturated rings. The Hall–Kier alpha value is -7.72. The van der Waals surface area contributed by atoms with Crippen molar-refractivity contribution in [1.29, 1.82) is 0 Å². The van der Waals surface area contributed by atoms with Gasteiger partial charge in [0.15, 0.2) is 0 Å². The van der Waals surface area contributed by atoms with Crippen LogP contribution in [0.15, 0.2) is 229 Å². The molecule has 3 heteroatoms. The summed E-state index contributed by atoms with van der Waals surface area (Å²) in [5.74, 6) is 0. The van der Waals surface area contributed by atoms with E-state index in [1.54, 1.807) is 0 Å². The van der Waals surface area contributed by atoms with Gasteiger partial charge in [0.1, 0.15) is 11.2 Å². The summed E-state index contributed by atoms with van der Waals surface area (Å²) < 4.78 is 9.10. The van der Waals surface area contributed by atoms with Gasteiger partial charge in [-0.2, -0.15) is 0 Å². The highest BCUT2D eigenvalue weighted by Crippen LogP contribution is 2.49. The number of benzene rings is 10. The van der Waals surface area contributed by atoms with Crippen LogP contribution in [0.25, 0.3) is 97.4 Å². The Morgan fingerprint density at radius 1 is 0.344 bits per heavy atom. The third-order valence-electron chi connectivity index (χ3n) is 12.1. The van der Waals surface area contributed by atoms with Crippen LogP contribution in [-0.2, 0) is 0 Å². The topological polar surface area (TPSA) is 16.4 Å². The number of thiophene rings is 1. The van der Waals surface area contributed by atoms with Crippen LogP contribution >= 0.6 is 11.3 Å². The Bertz CT molecular complexity index is 3570. The van der Waals surface area contributed by atoms with E-state index < -0.39 is 0 Å². The van der Waals surface area contributed by atoms with Crippen LogP contribution in [0, 0.1) is 0 Å². The van der Waals surface area contributed by atoms with Crippen LogP contribution in [0.4, 0.5) is 17.1 Å². The van der Waals surface area contributed by atoms with Crippen molar-refractivity contribution >= 4 is 81.3 Å². The van der Waals surface area contributed by atoms with Crippen LogP contribution in [0.3, 0.4) is 0 Å². The van der Waals surface area contributed by atoms with E-state index >= 15 is 0 Å². The van der Waals surface area contributed by atoms with E-state index in [4.69, 9.17) is 4.42 Å². The van der Waals surface area contributed by atoms with Gasteiger partial charge in [-0.05, 0) is 116 Å². The number of hydrogen-bond donors (Lipinski definition) is 0. The van der Waals surface area contributed by atoms with Gasteiger partial charge in [0.2, 0.25) is 0 Å². The van der Waals surface area contributed by atoms with Gasteiger partial charge in [-0.25, -0.2) is 0 Å². The standard InChI is InChI=1S/C58H37NOS/c1-3-11-38(12-4-1)46-27-31-50-52-37-48(30-34-54(52)60-55(50)36-46)59(53-33-32-49(43-14-5-2-6-15-43)58-57(53)51-17-9-10-18-56(51)61-58)47-28-25-41(26-29-47)40-19-21-42(22-20-40)45-24-23-39-13-7-8-16-44(39)35-45/h1-37H. The van der Waals surface area contributed by atoms with Crippen molar-refractivity contribution < 1.29 is 4.42 Å². The van der Waals surface area contributed by atoms with Crippen molar-refractivity contribution in [2.75, 3.05) is 4.90 Å². The first kappa shape index (κ1) is 35.2. The zero-order valence-electron chi connectivity index (χ0n) is 33.1. The lowest BCUT2D eigenvalue weighted by Crippen LogP contribution is -2.10. The molecule has 61 heavy (non-hydrogen) atoms. The highest BCUT2D eigenvalue weighted by atomic mass is 32.1. The molecule has 2 heterocycles. The number of anilines is 3. The molecule has 12 rings (SSSR count). The smallest absolute Gasteiger partial charge is 0.136 e. The molecule has 0 atom stereocenters. The first-order valence-electron chi connectivity index (χ1n) is 20.7. The maximum Gasteiger partial charge on any atom is 0.136 e. The van der Waals surface area contributed by atoms with Crippen molar-refractivity contribution in [1.82, 2.24) is 0 Å². The summed E-state index contributed by atoms with van der Waals surface area (Å²) in [6, 6.07) is 81.1. The molecular weight excluding hydrogens is 759 g/mol. The molecule has 0 bridgehead atoms. The van der Waals surface area contributed by atoms with Crippen LogP contribution in [0.1, 0.15) is 0 Å². The molecule has 286 valence electrons. The lowest BCUT2D eigenvalue weighted by Gasteiger charge is -2.27. The Morgan fingerprint density at radius 2 is 0.934 bits per heavy atom. The van der Waals surface area contributed by atoms with E-state index in [0.29, 0.717) is 0 Å². The quantitative estimate of drug-likeness (QED) is 0.160. The van der Waals surface area contributed by atoms with Gasteiger partial charge >= 0.3 is 0 Å². The van der Waals surface area contributed by atoms with Gasteiger partial charge in [0.05, 0.1) is 5.69 Å². The minimum absolute atomic E-state index is 0.872. The minimum Gasteiger partial charge on any atom is -0.456 e. The maximum atomic E-state index is 6.54. The van der Waals surface area contributed by atoms with Crippen LogP contribution in [-0.4, -0.2) is 0 Å². The van der Waals surface area contributed by atoms with Gasteiger partial charge < -0.3 is 9.32 Å². The summed E-state index contributed by atoms with van der Waals surface area (Å²) in [4.78, 5) is 2.43. The zero-order valence-corrected chi connectivity index (χ0v) is 33.9. The third kappa shape index (κ3) is 6.18. The predicted molar refractivity (Wildman–Crippen MR) is 261 cm³/mol. The van der Waals surface area contributed by atoms with Gasteiger partial charge in [0.25, 0.3) is 0 Å². The van der Waals surface area contributed by atoms with Crippen molar-refractivity contribution in [3.8, 4) is 44.5 Å². The van der Waals surface area contributed by atoms with Gasteiger partial charge in [-0.15, -0.1) is 11.3 Å². The highest BCUT2D eigenvalue weighted by molar-refractivity contribution is 7.26. The maximum absolute atomic E-state index is 6.54. The molecule has 0 aliphatic carbocycles. The molecular formula is C58H37NOS. The van der Waals surface area contributed by atoms with Crippen LogP contribution < -0.4 is 4.90 Å². The third-order valence-corrected chi connectivity index (χ3v) is 13.3. The Kier molecular flexibility index (Phi) is 8.39. The zero-order chi connectivity index (χ0) is 40.3. The lowest BCUT2D eigenvalue weighted by molar-refractivity contribution is 0.669. The SMILES string of the molecule is c1ccc(-c2ccc3c(c2)oc2ccc(N(c4ccc(-c5ccc(-c6ccc7ccccc7c6)cc5)cc4)c4ccc(-c5ccccc5)c5sc6ccccc6c45)cc23)cc1. The first-order chi connectivity index (χ1) is 30.2. The fourth-order valence-corrected chi connectivity index (χ4v) is 10.3. The molecule has 0 saturated carbocycles. The van der Waals surface area contributed by atoms with E-state index in [1.807, 2.05) is 11.3 Å². The second kappa shape index (κ2) is 14.5. The number of fused-ring (bicyclic) bond motifs is 7. The number of furan rings is 1. The molecule has 0 N–H and O–H groups in total. The average molecular weight is 796 g/mol. The van der Waals surface area contributed by atoms with Gasteiger partial charge in [-0.3, -0.25) is 0 Å². The number of rotatable bonds is 7. The van der Waals surface area contributed by atoms with Gasteiger partial charge in [0, 0.05) is 42.3 Å². The van der Waals surface area contributed by atoms with E-state index in [-0.39, 0.29) is 0 Å². The van der Waals surface area contributed by atoms with Crippen LogP contribution in [0.5, 0.6) is 0 Å². The summed E-state index contributed by atoms with van der Waals surface area (Å²) in [6.07, 6.45) is 0. The summed E-state index contributed by atoms with van der Waals surface area (Å²) >= 11 is 1.87. The Morgan fingerprint density at radius 3 is 1.72 bits per heavy atom. The molecule has 2 nitrogen and oxygen atoms in total. The van der Waals surface area contributed by atoms with Crippen molar-refractivity contribution in [3.63, 3.8) is 0 Å². The normalized spacial score (nSPS) is 11.6. The molecule has 2 aromatic heterocycles. The fourth-order valence-electron chi connectivity index (χ4n) is 9.01. The number of hydrogen-bond acceptors (Lipinski definition) is 3. The summed E-state index contributed by atoms with van der Waals surface area (Å²) in [5.41, 5.74) is 14.6. The summed E-state index contributed by atoms with van der Waals surface area (Å²) in [6.45, 7) is 0. The van der Waals surface area contributed by atoms with E-state index in [9.17, 15) is 0 Å². The molecule has 0 aliphatic heterocycles. The molecule has 0 spiro atoms. The highest BCUT2D eigenvalue weighted by Gasteiger charge is 2.22. The van der Waals surface area contributed by atoms with E-state index in [1.165, 1.54) is 69.9 Å². The minimum atomic E-state index is 0.872. The largest absolute Gasteiger partial charge is 0.456 e. The summed E-state index contributed by atoms with van der Waals surface area (Å²) in [7, 11) is 0. The second-order valence-electron chi connectivity index (χ2n) is 15.7. The molecule has 10 aromatic carbocycles. The lowest BCUT2D eigenvalue weighted by atomic mass is 9.98. The van der Waals surface area contributed by atoms with Crippen LogP contribution in [0.2, 0.25) is 0 Å². The average Bonchev–Trinajstić information content (AvgIpc) is 3.91. The monoisotopic (exact) mass is 795 g/mol. The molecule has 0 amide bonds. The van der Waals surface area contributed by atoms with Crippen molar-refractivity contribution in [3.05, 3.63) is 224 Å². The van der Waals surface area contributed by atoms with E-state index in [0.717, 1.165) is 44.6 Å². The molecule has 0 aliphatic rings. The second-order valence-corrected chi connectivity index (χ2v) is 16.7. The molecule has 0 unspecified atom stereocenters. The molecule has 0 radical (unpaired) electrons. The Balaban J connectivity index is 0.998. The summed E-state index contributed by atoms with van der Waals surface area (Å²) in [5, 5.41) is 7.21. The fraction of sp³-hybridized carbons (Fsp3) is 0. The predicted octanol–water partition coefficient (Wildman–Crippen LogP) is 17.2. The number of nitrogens with zero attached hydrogens (tertiary/aromatic N) is 1.